The number of rotatable bonds is 3. The molecular weight excluding hydrogens is 315 g/mol. The second-order valence-corrected chi connectivity index (χ2v) is 5.43. The fourth-order valence-corrected chi connectivity index (χ4v) is 2.84. The van der Waals surface area contributed by atoms with Gasteiger partial charge < -0.3 is 10.2 Å². The molecule has 0 radical (unpaired) electrons. The lowest BCUT2D eigenvalue weighted by molar-refractivity contribution is 0.377. The van der Waals surface area contributed by atoms with Gasteiger partial charge in [-0.1, -0.05) is 0 Å². The summed E-state index contributed by atoms with van der Waals surface area (Å²) in [5, 5.41) is 3.39. The first-order chi connectivity index (χ1) is 7.77. The fourth-order valence-electron chi connectivity index (χ4n) is 2.13. The number of halogens is 1. The molecule has 1 aliphatic rings. The van der Waals surface area contributed by atoms with Crippen molar-refractivity contribution in [3.05, 3.63) is 16.1 Å². The third kappa shape index (κ3) is 3.04. The van der Waals surface area contributed by atoms with Crippen molar-refractivity contribution in [2.75, 3.05) is 31.6 Å². The van der Waals surface area contributed by atoms with Gasteiger partial charge in [-0.2, -0.15) is 0 Å². The maximum atomic E-state index is 4.34. The molecule has 1 fully saturated rings. The van der Waals surface area contributed by atoms with Crippen molar-refractivity contribution in [3.63, 3.8) is 0 Å². The van der Waals surface area contributed by atoms with E-state index in [-0.39, 0.29) is 0 Å². The summed E-state index contributed by atoms with van der Waals surface area (Å²) in [5.41, 5.74) is 0. The highest BCUT2D eigenvalue weighted by Crippen LogP contribution is 2.20. The standard InChI is InChI=1S/C11H17IN4/c1-16(7-9-2-4-13-5-3-9)11-10(12)6-14-8-15-11/h6,8-9,13H,2-5,7H2,1H3. The molecule has 1 aromatic rings. The second-order valence-electron chi connectivity index (χ2n) is 4.27. The summed E-state index contributed by atoms with van der Waals surface area (Å²) in [6.45, 7) is 3.40. The Morgan fingerprint density at radius 2 is 2.25 bits per heavy atom. The zero-order chi connectivity index (χ0) is 11.4. The normalized spacial score (nSPS) is 17.4. The van der Waals surface area contributed by atoms with Crippen LogP contribution in [-0.2, 0) is 0 Å². The molecule has 1 aromatic heterocycles. The van der Waals surface area contributed by atoms with E-state index in [0.717, 1.165) is 34.9 Å². The monoisotopic (exact) mass is 332 g/mol. The van der Waals surface area contributed by atoms with Gasteiger partial charge in [-0.05, 0) is 54.4 Å². The molecule has 0 aromatic carbocycles. The van der Waals surface area contributed by atoms with E-state index in [0.29, 0.717) is 0 Å². The number of hydrogen-bond acceptors (Lipinski definition) is 4. The Labute approximate surface area is 110 Å². The van der Waals surface area contributed by atoms with Crippen LogP contribution in [-0.4, -0.2) is 36.6 Å². The quantitative estimate of drug-likeness (QED) is 0.852. The zero-order valence-electron chi connectivity index (χ0n) is 9.49. The number of nitrogens with one attached hydrogen (secondary N) is 1. The van der Waals surface area contributed by atoms with E-state index < -0.39 is 0 Å². The first-order valence-corrected chi connectivity index (χ1v) is 6.72. The van der Waals surface area contributed by atoms with Gasteiger partial charge in [0.15, 0.2) is 0 Å². The lowest BCUT2D eigenvalue weighted by atomic mass is 9.98. The zero-order valence-corrected chi connectivity index (χ0v) is 11.6. The summed E-state index contributed by atoms with van der Waals surface area (Å²) >= 11 is 2.29. The Morgan fingerprint density at radius 1 is 1.50 bits per heavy atom. The molecule has 0 unspecified atom stereocenters. The van der Waals surface area contributed by atoms with Crippen LogP contribution in [0.2, 0.25) is 0 Å². The molecule has 0 amide bonds. The van der Waals surface area contributed by atoms with Crippen molar-refractivity contribution in [2.24, 2.45) is 5.92 Å². The molecule has 0 spiro atoms. The van der Waals surface area contributed by atoms with Gasteiger partial charge in [-0.25, -0.2) is 9.97 Å². The van der Waals surface area contributed by atoms with Crippen LogP contribution in [0.5, 0.6) is 0 Å². The van der Waals surface area contributed by atoms with E-state index in [1.54, 1.807) is 6.33 Å². The average molecular weight is 332 g/mol. The van der Waals surface area contributed by atoms with Crippen LogP contribution in [0.4, 0.5) is 5.82 Å². The van der Waals surface area contributed by atoms with E-state index in [2.05, 4.69) is 49.8 Å². The van der Waals surface area contributed by atoms with E-state index in [1.807, 2.05) is 6.20 Å². The summed E-state index contributed by atoms with van der Waals surface area (Å²) in [6, 6.07) is 0. The van der Waals surface area contributed by atoms with Gasteiger partial charge in [-0.15, -0.1) is 0 Å². The van der Waals surface area contributed by atoms with Crippen LogP contribution >= 0.6 is 22.6 Å². The van der Waals surface area contributed by atoms with E-state index in [1.165, 1.54) is 12.8 Å². The molecule has 1 aliphatic heterocycles. The maximum absolute atomic E-state index is 4.34. The molecular formula is C11H17IN4. The highest BCUT2D eigenvalue weighted by molar-refractivity contribution is 14.1. The van der Waals surface area contributed by atoms with Crippen LogP contribution in [0.25, 0.3) is 0 Å². The van der Waals surface area contributed by atoms with Gasteiger partial charge in [0.2, 0.25) is 0 Å². The molecule has 0 aliphatic carbocycles. The van der Waals surface area contributed by atoms with Crippen molar-refractivity contribution in [3.8, 4) is 0 Å². The molecule has 0 atom stereocenters. The number of piperidine rings is 1. The Hall–Kier alpha value is -0.430. The summed E-state index contributed by atoms with van der Waals surface area (Å²) in [6.07, 6.45) is 6.02. The van der Waals surface area contributed by atoms with Crippen LogP contribution in [0.3, 0.4) is 0 Å². The summed E-state index contributed by atoms with van der Waals surface area (Å²) in [4.78, 5) is 10.6. The van der Waals surface area contributed by atoms with Crippen molar-refractivity contribution < 1.29 is 0 Å². The Kier molecular flexibility index (Phi) is 4.34. The summed E-state index contributed by atoms with van der Waals surface area (Å²) < 4.78 is 1.12. The predicted octanol–water partition coefficient (Wildman–Crippen LogP) is 1.52. The fraction of sp³-hybridized carbons (Fsp3) is 0.636. The smallest absolute Gasteiger partial charge is 0.145 e. The summed E-state index contributed by atoms with van der Waals surface area (Å²) in [7, 11) is 2.12. The minimum absolute atomic E-state index is 0.789. The van der Waals surface area contributed by atoms with Crippen molar-refractivity contribution in [1.29, 1.82) is 0 Å². The second kappa shape index (κ2) is 5.77. The Balaban J connectivity index is 1.96. The van der Waals surface area contributed by atoms with E-state index >= 15 is 0 Å². The minimum Gasteiger partial charge on any atom is -0.358 e. The van der Waals surface area contributed by atoms with E-state index in [9.17, 15) is 0 Å². The highest BCUT2D eigenvalue weighted by atomic mass is 127. The predicted molar refractivity (Wildman–Crippen MR) is 73.6 cm³/mol. The topological polar surface area (TPSA) is 41.0 Å². The maximum Gasteiger partial charge on any atom is 0.145 e. The lowest BCUT2D eigenvalue weighted by Gasteiger charge is -2.28. The number of aromatic nitrogens is 2. The lowest BCUT2D eigenvalue weighted by Crippen LogP contribution is -2.35. The molecule has 2 rings (SSSR count). The van der Waals surface area contributed by atoms with Crippen LogP contribution < -0.4 is 10.2 Å². The van der Waals surface area contributed by atoms with Crippen LogP contribution in [0, 0.1) is 9.49 Å². The van der Waals surface area contributed by atoms with Gasteiger partial charge in [0.05, 0.1) is 3.57 Å². The third-order valence-electron chi connectivity index (χ3n) is 3.00. The number of nitrogens with zero attached hydrogens (tertiary/aromatic N) is 3. The SMILES string of the molecule is CN(CC1CCNCC1)c1ncncc1I. The molecule has 0 bridgehead atoms. The van der Waals surface area contributed by atoms with Crippen LogP contribution in [0.1, 0.15) is 12.8 Å². The van der Waals surface area contributed by atoms with Crippen LogP contribution in [0.15, 0.2) is 12.5 Å². The first-order valence-electron chi connectivity index (χ1n) is 5.64. The van der Waals surface area contributed by atoms with E-state index in [4.69, 9.17) is 0 Å². The molecule has 2 heterocycles. The number of anilines is 1. The van der Waals surface area contributed by atoms with Gasteiger partial charge in [-0.3, -0.25) is 0 Å². The molecule has 5 heteroatoms. The van der Waals surface area contributed by atoms with Gasteiger partial charge in [0.1, 0.15) is 12.1 Å². The minimum atomic E-state index is 0.789. The van der Waals surface area contributed by atoms with Crippen molar-refractivity contribution in [2.45, 2.75) is 12.8 Å². The molecule has 1 saturated heterocycles. The number of hydrogen-bond donors (Lipinski definition) is 1. The highest BCUT2D eigenvalue weighted by Gasteiger charge is 2.16. The van der Waals surface area contributed by atoms with Gasteiger partial charge in [0.25, 0.3) is 0 Å². The largest absolute Gasteiger partial charge is 0.358 e. The molecule has 16 heavy (non-hydrogen) atoms. The summed E-state index contributed by atoms with van der Waals surface area (Å²) in [5.74, 6) is 1.84. The Morgan fingerprint density at radius 3 is 2.94 bits per heavy atom. The van der Waals surface area contributed by atoms with Gasteiger partial charge >= 0.3 is 0 Å². The van der Waals surface area contributed by atoms with Crippen molar-refractivity contribution in [1.82, 2.24) is 15.3 Å². The van der Waals surface area contributed by atoms with Gasteiger partial charge in [0, 0.05) is 19.8 Å². The third-order valence-corrected chi connectivity index (χ3v) is 3.76. The van der Waals surface area contributed by atoms with Crippen molar-refractivity contribution >= 4 is 28.4 Å². The molecule has 0 saturated carbocycles. The molecule has 1 N–H and O–H groups in total. The molecule has 4 nitrogen and oxygen atoms in total. The molecule has 88 valence electrons. The average Bonchev–Trinajstić information content (AvgIpc) is 2.31. The Bertz CT molecular complexity index is 339. The first kappa shape index (κ1) is 12.0.